The van der Waals surface area contributed by atoms with Crippen molar-refractivity contribution in [1.29, 1.82) is 0 Å². The van der Waals surface area contributed by atoms with Gasteiger partial charge in [-0.3, -0.25) is 0 Å². The van der Waals surface area contributed by atoms with Crippen molar-refractivity contribution in [2.75, 3.05) is 6.54 Å². The maximum absolute atomic E-state index is 10.3. The molecule has 0 spiro atoms. The zero-order valence-corrected chi connectivity index (χ0v) is 11.5. The standard InChI is InChI=1S/C13H20BrNO/c1-3-4-10(8-15)13(16)12-7-11(14)6-5-9(12)2/h5-7,10,13,16H,3-4,8,15H2,1-2H3. The largest absolute Gasteiger partial charge is 0.388 e. The molecule has 1 rings (SSSR count). The van der Waals surface area contributed by atoms with Crippen molar-refractivity contribution in [1.82, 2.24) is 0 Å². The third-order valence-electron chi connectivity index (χ3n) is 2.97. The molecule has 1 aromatic carbocycles. The molecule has 0 saturated heterocycles. The van der Waals surface area contributed by atoms with Crippen molar-refractivity contribution in [3.05, 3.63) is 33.8 Å². The summed E-state index contributed by atoms with van der Waals surface area (Å²) in [5, 5.41) is 10.3. The highest BCUT2D eigenvalue weighted by Crippen LogP contribution is 2.29. The molecule has 3 N–H and O–H groups in total. The van der Waals surface area contributed by atoms with Gasteiger partial charge in [-0.05, 0) is 43.1 Å². The molecule has 1 aromatic rings. The molecule has 0 amide bonds. The maximum atomic E-state index is 10.3. The summed E-state index contributed by atoms with van der Waals surface area (Å²) < 4.78 is 0.999. The number of aliphatic hydroxyl groups is 1. The second kappa shape index (κ2) is 6.38. The third kappa shape index (κ3) is 3.30. The summed E-state index contributed by atoms with van der Waals surface area (Å²) in [6.45, 7) is 4.66. The van der Waals surface area contributed by atoms with Gasteiger partial charge in [0, 0.05) is 10.4 Å². The lowest BCUT2D eigenvalue weighted by atomic mass is 9.90. The number of halogens is 1. The van der Waals surface area contributed by atoms with Crippen LogP contribution in [0.5, 0.6) is 0 Å². The molecule has 0 radical (unpaired) electrons. The Morgan fingerprint density at radius 2 is 2.12 bits per heavy atom. The van der Waals surface area contributed by atoms with Crippen molar-refractivity contribution in [2.45, 2.75) is 32.8 Å². The summed E-state index contributed by atoms with van der Waals surface area (Å²) in [6.07, 6.45) is 1.55. The highest BCUT2D eigenvalue weighted by Gasteiger charge is 2.20. The number of aliphatic hydroxyl groups excluding tert-OH is 1. The molecule has 0 bridgehead atoms. The Bertz CT molecular complexity index is 341. The summed E-state index contributed by atoms with van der Waals surface area (Å²) in [4.78, 5) is 0. The van der Waals surface area contributed by atoms with Gasteiger partial charge in [-0.2, -0.15) is 0 Å². The quantitative estimate of drug-likeness (QED) is 0.873. The molecule has 0 fully saturated rings. The Morgan fingerprint density at radius 1 is 1.44 bits per heavy atom. The van der Waals surface area contributed by atoms with E-state index in [9.17, 15) is 5.11 Å². The molecule has 2 unspecified atom stereocenters. The lowest BCUT2D eigenvalue weighted by Crippen LogP contribution is -2.22. The van der Waals surface area contributed by atoms with Crippen molar-refractivity contribution >= 4 is 15.9 Å². The van der Waals surface area contributed by atoms with E-state index in [1.54, 1.807) is 0 Å². The summed E-state index contributed by atoms with van der Waals surface area (Å²) in [5.74, 6) is 0.151. The van der Waals surface area contributed by atoms with Gasteiger partial charge in [-0.15, -0.1) is 0 Å². The van der Waals surface area contributed by atoms with Crippen LogP contribution in [0.4, 0.5) is 0 Å². The molecular formula is C13H20BrNO. The first-order chi connectivity index (χ1) is 7.60. The number of nitrogens with two attached hydrogens (primary N) is 1. The lowest BCUT2D eigenvalue weighted by Gasteiger charge is -2.23. The van der Waals surface area contributed by atoms with Crippen LogP contribution in [0.2, 0.25) is 0 Å². The molecule has 2 nitrogen and oxygen atoms in total. The van der Waals surface area contributed by atoms with E-state index in [0.717, 1.165) is 28.4 Å². The van der Waals surface area contributed by atoms with Gasteiger partial charge in [-0.1, -0.05) is 35.3 Å². The van der Waals surface area contributed by atoms with Crippen LogP contribution < -0.4 is 5.73 Å². The zero-order chi connectivity index (χ0) is 12.1. The van der Waals surface area contributed by atoms with Gasteiger partial charge < -0.3 is 10.8 Å². The van der Waals surface area contributed by atoms with Gasteiger partial charge in [0.15, 0.2) is 0 Å². The van der Waals surface area contributed by atoms with Crippen LogP contribution in [0, 0.1) is 12.8 Å². The normalized spacial score (nSPS) is 14.8. The number of rotatable bonds is 5. The average molecular weight is 286 g/mol. The monoisotopic (exact) mass is 285 g/mol. The molecule has 0 aliphatic rings. The predicted octanol–water partition coefficient (Wildman–Crippen LogP) is 3.17. The minimum Gasteiger partial charge on any atom is -0.388 e. The molecule has 0 aliphatic heterocycles. The fourth-order valence-electron chi connectivity index (χ4n) is 1.96. The Balaban J connectivity index is 2.93. The Kier molecular flexibility index (Phi) is 5.46. The van der Waals surface area contributed by atoms with Gasteiger partial charge in [0.1, 0.15) is 0 Å². The smallest absolute Gasteiger partial charge is 0.0833 e. The number of aryl methyl sites for hydroxylation is 1. The van der Waals surface area contributed by atoms with E-state index in [1.165, 1.54) is 0 Å². The highest BCUT2D eigenvalue weighted by atomic mass is 79.9. The van der Waals surface area contributed by atoms with E-state index in [2.05, 4.69) is 22.9 Å². The first-order valence-corrected chi connectivity index (χ1v) is 6.53. The van der Waals surface area contributed by atoms with E-state index in [4.69, 9.17) is 5.73 Å². The second-order valence-electron chi connectivity index (χ2n) is 4.23. The summed E-state index contributed by atoms with van der Waals surface area (Å²) in [7, 11) is 0. The van der Waals surface area contributed by atoms with Gasteiger partial charge in [0.2, 0.25) is 0 Å². The first kappa shape index (κ1) is 13.7. The third-order valence-corrected chi connectivity index (χ3v) is 3.46. The van der Waals surface area contributed by atoms with Crippen molar-refractivity contribution < 1.29 is 5.11 Å². The molecule has 3 heteroatoms. The molecule has 0 aliphatic carbocycles. The topological polar surface area (TPSA) is 46.2 Å². The van der Waals surface area contributed by atoms with Crippen LogP contribution in [0.15, 0.2) is 22.7 Å². The van der Waals surface area contributed by atoms with E-state index in [-0.39, 0.29) is 5.92 Å². The highest BCUT2D eigenvalue weighted by molar-refractivity contribution is 9.10. The summed E-state index contributed by atoms with van der Waals surface area (Å²) in [5.41, 5.74) is 7.81. The summed E-state index contributed by atoms with van der Waals surface area (Å²) in [6, 6.07) is 5.99. The SMILES string of the molecule is CCCC(CN)C(O)c1cc(Br)ccc1C. The summed E-state index contributed by atoms with van der Waals surface area (Å²) >= 11 is 3.43. The van der Waals surface area contributed by atoms with E-state index >= 15 is 0 Å². The van der Waals surface area contributed by atoms with E-state index in [1.807, 2.05) is 25.1 Å². The number of hydrogen-bond donors (Lipinski definition) is 2. The molecule has 0 heterocycles. The first-order valence-electron chi connectivity index (χ1n) is 5.74. The maximum Gasteiger partial charge on any atom is 0.0833 e. The van der Waals surface area contributed by atoms with Gasteiger partial charge in [-0.25, -0.2) is 0 Å². The number of hydrogen-bond acceptors (Lipinski definition) is 2. The Hall–Kier alpha value is -0.380. The molecule has 0 saturated carbocycles. The Morgan fingerprint density at radius 3 is 2.69 bits per heavy atom. The minimum absolute atomic E-state index is 0.151. The van der Waals surface area contributed by atoms with Crippen LogP contribution in [-0.4, -0.2) is 11.7 Å². The van der Waals surface area contributed by atoms with Crippen LogP contribution in [0.1, 0.15) is 37.0 Å². The van der Waals surface area contributed by atoms with Gasteiger partial charge >= 0.3 is 0 Å². The molecule has 2 atom stereocenters. The van der Waals surface area contributed by atoms with Crippen LogP contribution in [0.3, 0.4) is 0 Å². The van der Waals surface area contributed by atoms with E-state index in [0.29, 0.717) is 6.54 Å². The van der Waals surface area contributed by atoms with Crippen LogP contribution in [-0.2, 0) is 0 Å². The Labute approximate surface area is 106 Å². The van der Waals surface area contributed by atoms with Gasteiger partial charge in [0.25, 0.3) is 0 Å². The molecule has 0 aromatic heterocycles. The average Bonchev–Trinajstić information content (AvgIpc) is 2.28. The van der Waals surface area contributed by atoms with Crippen molar-refractivity contribution in [2.24, 2.45) is 11.7 Å². The van der Waals surface area contributed by atoms with Crippen molar-refractivity contribution in [3.8, 4) is 0 Å². The zero-order valence-electron chi connectivity index (χ0n) is 9.91. The minimum atomic E-state index is -0.456. The fourth-order valence-corrected chi connectivity index (χ4v) is 2.34. The van der Waals surface area contributed by atoms with Crippen LogP contribution in [0.25, 0.3) is 0 Å². The lowest BCUT2D eigenvalue weighted by molar-refractivity contribution is 0.106. The van der Waals surface area contributed by atoms with E-state index < -0.39 is 6.10 Å². The number of benzene rings is 1. The van der Waals surface area contributed by atoms with Crippen molar-refractivity contribution in [3.63, 3.8) is 0 Å². The van der Waals surface area contributed by atoms with Crippen LogP contribution >= 0.6 is 15.9 Å². The molecule has 16 heavy (non-hydrogen) atoms. The molecule has 90 valence electrons. The van der Waals surface area contributed by atoms with Gasteiger partial charge in [0.05, 0.1) is 6.10 Å². The predicted molar refractivity (Wildman–Crippen MR) is 71.3 cm³/mol. The fraction of sp³-hybridized carbons (Fsp3) is 0.538. The second-order valence-corrected chi connectivity index (χ2v) is 5.15. The molecular weight excluding hydrogens is 266 g/mol.